The molecule has 0 fully saturated rings. The zero-order valence-corrected chi connectivity index (χ0v) is 11.0. The number of benzene rings is 1. The zero-order valence-electron chi connectivity index (χ0n) is 11.0. The molecular formula is C14H21NO3. The van der Waals surface area contributed by atoms with Gasteiger partial charge in [0.2, 0.25) is 0 Å². The lowest BCUT2D eigenvalue weighted by Crippen LogP contribution is -2.17. The molecule has 0 spiro atoms. The highest BCUT2D eigenvalue weighted by atomic mass is 16.5. The average Bonchev–Trinajstić information content (AvgIpc) is 2.34. The van der Waals surface area contributed by atoms with Crippen LogP contribution in [-0.4, -0.2) is 25.7 Å². The van der Waals surface area contributed by atoms with Gasteiger partial charge >= 0.3 is 5.97 Å². The number of ether oxygens (including phenoxy) is 2. The third-order valence-electron chi connectivity index (χ3n) is 2.48. The van der Waals surface area contributed by atoms with Crippen molar-refractivity contribution in [3.05, 3.63) is 29.8 Å². The molecule has 1 aromatic rings. The Bertz CT molecular complexity index is 377. The summed E-state index contributed by atoms with van der Waals surface area (Å²) in [6.45, 7) is 2.49. The molecule has 0 amide bonds. The van der Waals surface area contributed by atoms with Crippen LogP contribution in [0.1, 0.15) is 25.3 Å². The Morgan fingerprint density at radius 1 is 1.44 bits per heavy atom. The van der Waals surface area contributed by atoms with Crippen LogP contribution in [0.4, 0.5) is 0 Å². The van der Waals surface area contributed by atoms with Crippen LogP contribution in [0.2, 0.25) is 0 Å². The molecule has 0 aromatic heterocycles. The standard InChI is InChI=1S/C14H21NO3/c1-11(15)9-12-5-3-6-13(10-12)18-8-4-7-14(16)17-2/h3,5-6,10-11H,4,7-9,15H2,1-2H3. The lowest BCUT2D eigenvalue weighted by atomic mass is 10.1. The Morgan fingerprint density at radius 3 is 2.89 bits per heavy atom. The number of carbonyl (C=O) groups is 1. The van der Waals surface area contributed by atoms with Crippen LogP contribution in [-0.2, 0) is 16.0 Å². The van der Waals surface area contributed by atoms with Crippen molar-refractivity contribution in [2.45, 2.75) is 32.2 Å². The molecule has 1 atom stereocenters. The Hall–Kier alpha value is -1.55. The highest BCUT2D eigenvalue weighted by Gasteiger charge is 2.02. The number of hydrogen-bond acceptors (Lipinski definition) is 4. The summed E-state index contributed by atoms with van der Waals surface area (Å²) in [5.74, 6) is 0.613. The summed E-state index contributed by atoms with van der Waals surface area (Å²) in [4.78, 5) is 10.9. The minimum Gasteiger partial charge on any atom is -0.494 e. The molecule has 4 heteroatoms. The minimum absolute atomic E-state index is 0.138. The van der Waals surface area contributed by atoms with E-state index in [-0.39, 0.29) is 12.0 Å². The molecule has 100 valence electrons. The third-order valence-corrected chi connectivity index (χ3v) is 2.48. The molecule has 2 N–H and O–H groups in total. The van der Waals surface area contributed by atoms with Gasteiger partial charge in [0.15, 0.2) is 0 Å². The molecule has 0 aliphatic heterocycles. The van der Waals surface area contributed by atoms with Crippen molar-refractivity contribution in [3.63, 3.8) is 0 Å². The highest BCUT2D eigenvalue weighted by Crippen LogP contribution is 2.14. The van der Waals surface area contributed by atoms with Crippen LogP contribution in [0.5, 0.6) is 5.75 Å². The first-order valence-electron chi connectivity index (χ1n) is 6.16. The van der Waals surface area contributed by atoms with Crippen molar-refractivity contribution in [3.8, 4) is 5.75 Å². The summed E-state index contributed by atoms with van der Waals surface area (Å²) in [6.07, 6.45) is 1.87. The number of methoxy groups -OCH3 is 1. The van der Waals surface area contributed by atoms with Crippen molar-refractivity contribution in [1.82, 2.24) is 0 Å². The molecule has 0 aliphatic carbocycles. The van der Waals surface area contributed by atoms with Gasteiger partial charge in [-0.15, -0.1) is 0 Å². The molecule has 18 heavy (non-hydrogen) atoms. The van der Waals surface area contributed by atoms with E-state index in [1.165, 1.54) is 7.11 Å². The Kier molecular flexibility index (Phi) is 6.22. The van der Waals surface area contributed by atoms with E-state index < -0.39 is 0 Å². The van der Waals surface area contributed by atoms with Crippen molar-refractivity contribution in [2.75, 3.05) is 13.7 Å². The fraction of sp³-hybridized carbons (Fsp3) is 0.500. The first-order chi connectivity index (χ1) is 8.61. The fourth-order valence-electron chi connectivity index (χ4n) is 1.64. The van der Waals surface area contributed by atoms with Gasteiger partial charge in [-0.25, -0.2) is 0 Å². The average molecular weight is 251 g/mol. The zero-order chi connectivity index (χ0) is 13.4. The van der Waals surface area contributed by atoms with Crippen LogP contribution < -0.4 is 10.5 Å². The second kappa shape index (κ2) is 7.71. The summed E-state index contributed by atoms with van der Waals surface area (Å²) in [7, 11) is 1.39. The molecule has 1 unspecified atom stereocenters. The van der Waals surface area contributed by atoms with Crippen LogP contribution in [0.15, 0.2) is 24.3 Å². The Balaban J connectivity index is 2.35. The second-order valence-electron chi connectivity index (χ2n) is 4.36. The third kappa shape index (κ3) is 5.68. The molecule has 0 radical (unpaired) electrons. The smallest absolute Gasteiger partial charge is 0.305 e. The fourth-order valence-corrected chi connectivity index (χ4v) is 1.64. The topological polar surface area (TPSA) is 61.5 Å². The summed E-state index contributed by atoms with van der Waals surface area (Å²) < 4.78 is 10.1. The van der Waals surface area contributed by atoms with Gasteiger partial charge in [0, 0.05) is 12.5 Å². The predicted molar refractivity (Wildman–Crippen MR) is 70.5 cm³/mol. The number of carbonyl (C=O) groups excluding carboxylic acids is 1. The molecular weight excluding hydrogens is 230 g/mol. The van der Waals surface area contributed by atoms with E-state index in [2.05, 4.69) is 4.74 Å². The van der Waals surface area contributed by atoms with Crippen LogP contribution in [0.25, 0.3) is 0 Å². The largest absolute Gasteiger partial charge is 0.494 e. The van der Waals surface area contributed by atoms with Gasteiger partial charge in [0.1, 0.15) is 5.75 Å². The van der Waals surface area contributed by atoms with Crippen molar-refractivity contribution >= 4 is 5.97 Å². The van der Waals surface area contributed by atoms with E-state index in [0.717, 1.165) is 17.7 Å². The van der Waals surface area contributed by atoms with E-state index in [9.17, 15) is 4.79 Å². The van der Waals surface area contributed by atoms with Gasteiger partial charge in [-0.05, 0) is 37.5 Å². The van der Waals surface area contributed by atoms with Gasteiger partial charge in [-0.1, -0.05) is 12.1 Å². The SMILES string of the molecule is COC(=O)CCCOc1cccc(CC(C)N)c1. The van der Waals surface area contributed by atoms with Gasteiger partial charge in [0.05, 0.1) is 13.7 Å². The lowest BCUT2D eigenvalue weighted by molar-refractivity contribution is -0.140. The lowest BCUT2D eigenvalue weighted by Gasteiger charge is -2.09. The number of rotatable bonds is 7. The quantitative estimate of drug-likeness (QED) is 0.594. The summed E-state index contributed by atoms with van der Waals surface area (Å²) in [5.41, 5.74) is 6.92. The maximum atomic E-state index is 10.9. The van der Waals surface area contributed by atoms with Crippen molar-refractivity contribution in [2.24, 2.45) is 5.73 Å². The van der Waals surface area contributed by atoms with Gasteiger partial charge in [-0.3, -0.25) is 4.79 Å². The first kappa shape index (κ1) is 14.5. The maximum Gasteiger partial charge on any atom is 0.305 e. The molecule has 0 heterocycles. The summed E-state index contributed by atoms with van der Waals surface area (Å²) in [5, 5.41) is 0. The molecule has 0 bridgehead atoms. The van der Waals surface area contributed by atoms with Gasteiger partial charge in [0.25, 0.3) is 0 Å². The van der Waals surface area contributed by atoms with Crippen molar-refractivity contribution in [1.29, 1.82) is 0 Å². The summed E-state index contributed by atoms with van der Waals surface area (Å²) >= 11 is 0. The number of hydrogen-bond donors (Lipinski definition) is 1. The van der Waals surface area contributed by atoms with Gasteiger partial charge in [-0.2, -0.15) is 0 Å². The molecule has 4 nitrogen and oxygen atoms in total. The predicted octanol–water partition coefficient (Wildman–Crippen LogP) is 1.91. The Morgan fingerprint density at radius 2 is 2.22 bits per heavy atom. The first-order valence-corrected chi connectivity index (χ1v) is 6.16. The Labute approximate surface area is 108 Å². The molecule has 0 saturated carbocycles. The number of esters is 1. The van der Waals surface area contributed by atoms with E-state index in [4.69, 9.17) is 10.5 Å². The molecule has 0 aliphatic rings. The monoisotopic (exact) mass is 251 g/mol. The normalized spacial score (nSPS) is 11.9. The summed E-state index contributed by atoms with van der Waals surface area (Å²) in [6, 6.07) is 8.02. The minimum atomic E-state index is -0.204. The van der Waals surface area contributed by atoms with Crippen LogP contribution in [0, 0.1) is 0 Å². The van der Waals surface area contributed by atoms with Gasteiger partial charge < -0.3 is 15.2 Å². The van der Waals surface area contributed by atoms with E-state index in [1.54, 1.807) is 0 Å². The highest BCUT2D eigenvalue weighted by molar-refractivity contribution is 5.69. The van der Waals surface area contributed by atoms with E-state index in [0.29, 0.717) is 19.4 Å². The van der Waals surface area contributed by atoms with E-state index >= 15 is 0 Å². The molecule has 1 rings (SSSR count). The number of nitrogens with two attached hydrogens (primary N) is 1. The second-order valence-corrected chi connectivity index (χ2v) is 4.36. The van der Waals surface area contributed by atoms with Crippen molar-refractivity contribution < 1.29 is 14.3 Å². The van der Waals surface area contributed by atoms with Crippen LogP contribution in [0.3, 0.4) is 0 Å². The molecule has 0 saturated heterocycles. The van der Waals surface area contributed by atoms with Crippen LogP contribution >= 0.6 is 0 Å². The van der Waals surface area contributed by atoms with E-state index in [1.807, 2.05) is 31.2 Å². The maximum absolute atomic E-state index is 10.9. The molecule has 1 aromatic carbocycles.